The Hall–Kier alpha value is -3.30. The molecule has 230 valence electrons. The van der Waals surface area contributed by atoms with Crippen LogP contribution >= 0.6 is 0 Å². The number of nitrogens with zero attached hydrogens (tertiary/aromatic N) is 2. The van der Waals surface area contributed by atoms with Gasteiger partial charge in [0.15, 0.2) is 0 Å². The van der Waals surface area contributed by atoms with Crippen molar-refractivity contribution >= 4 is 17.9 Å². The number of allylic oxidation sites excluding steroid dienone is 1. The number of fused-ring (bicyclic) bond motifs is 1. The number of benzene rings is 2. The van der Waals surface area contributed by atoms with E-state index in [1.54, 1.807) is 19.2 Å². The number of carbonyl (C=O) groups is 2. The minimum atomic E-state index is -0.871. The van der Waals surface area contributed by atoms with E-state index in [1.807, 2.05) is 43.3 Å². The molecule has 4 atom stereocenters. The normalized spacial score (nSPS) is 24.5. The molecule has 2 fully saturated rings. The average molecular weight is 589 g/mol. The maximum atomic E-state index is 13.9. The molecule has 1 aliphatic carbocycles. The number of aromatic hydroxyl groups is 1. The summed E-state index contributed by atoms with van der Waals surface area (Å²) in [6.45, 7) is 4.39. The van der Waals surface area contributed by atoms with Crippen LogP contribution in [0.1, 0.15) is 50.2 Å². The van der Waals surface area contributed by atoms with Crippen molar-refractivity contribution in [2.45, 2.75) is 57.7 Å². The second-order valence-electron chi connectivity index (χ2n) is 12.3. The number of carbonyl (C=O) groups excluding carboxylic acids is 2. The van der Waals surface area contributed by atoms with Crippen LogP contribution in [0.5, 0.6) is 5.75 Å². The molecule has 0 spiro atoms. The molecule has 8 heteroatoms. The molecule has 0 radical (unpaired) electrons. The first kappa shape index (κ1) is 31.1. The van der Waals surface area contributed by atoms with Crippen molar-refractivity contribution in [2.75, 3.05) is 33.4 Å². The first-order valence-corrected chi connectivity index (χ1v) is 15.4. The van der Waals surface area contributed by atoms with Gasteiger partial charge in [0.25, 0.3) is 0 Å². The van der Waals surface area contributed by atoms with Crippen molar-refractivity contribution in [3.8, 4) is 5.75 Å². The van der Waals surface area contributed by atoms with Gasteiger partial charge in [-0.15, -0.1) is 0 Å². The van der Waals surface area contributed by atoms with E-state index >= 15 is 0 Å². The number of hydrogen-bond acceptors (Lipinski definition) is 7. The number of hydrogen-bond donors (Lipinski definition) is 3. The number of phenolic OH excluding ortho intramolecular Hbond substituents is 1. The topological polar surface area (TPSA) is 111 Å². The van der Waals surface area contributed by atoms with Gasteiger partial charge in [-0.3, -0.25) is 19.4 Å². The molecule has 2 aromatic rings. The predicted molar refractivity (Wildman–Crippen MR) is 165 cm³/mol. The molecule has 0 bridgehead atoms. The first-order chi connectivity index (χ1) is 20.8. The quantitative estimate of drug-likeness (QED) is 0.267. The van der Waals surface area contributed by atoms with E-state index in [1.165, 1.54) is 10.5 Å². The summed E-state index contributed by atoms with van der Waals surface area (Å²) in [6, 6.07) is 17.1. The Morgan fingerprint density at radius 3 is 2.40 bits per heavy atom. The van der Waals surface area contributed by atoms with Crippen molar-refractivity contribution in [2.24, 2.45) is 17.8 Å². The van der Waals surface area contributed by atoms with Crippen molar-refractivity contribution in [3.63, 3.8) is 0 Å². The van der Waals surface area contributed by atoms with Gasteiger partial charge in [-0.25, -0.2) is 0 Å². The molecule has 5 rings (SSSR count). The SMILES string of the molecule is COCC1=C([C@H](O)CC/C(C)=C/c2ccc(O)cc2)[C@H](CO)[C@@H]2C(=O)N(C3CCN(Cc4ccccc4)CC3)C(=O)[C@@H]2C1. The van der Waals surface area contributed by atoms with Crippen molar-refractivity contribution in [3.05, 3.63) is 82.4 Å². The fraction of sp³-hybridized carbons (Fsp3) is 0.486. The lowest BCUT2D eigenvalue weighted by atomic mass is 9.68. The van der Waals surface area contributed by atoms with Crippen LogP contribution in [0.3, 0.4) is 0 Å². The van der Waals surface area contributed by atoms with Crippen LogP contribution in [0, 0.1) is 17.8 Å². The van der Waals surface area contributed by atoms with Gasteiger partial charge in [-0.05, 0) is 73.4 Å². The van der Waals surface area contributed by atoms with E-state index in [0.717, 1.165) is 49.2 Å². The van der Waals surface area contributed by atoms with E-state index in [0.29, 0.717) is 24.8 Å². The van der Waals surface area contributed by atoms with Crippen LogP contribution in [0.15, 0.2) is 71.3 Å². The zero-order valence-corrected chi connectivity index (χ0v) is 25.2. The van der Waals surface area contributed by atoms with Crippen molar-refractivity contribution in [1.29, 1.82) is 0 Å². The predicted octanol–water partition coefficient (Wildman–Crippen LogP) is 4.16. The van der Waals surface area contributed by atoms with Crippen LogP contribution in [0.25, 0.3) is 6.08 Å². The molecule has 2 amide bonds. The Bertz CT molecular complexity index is 1330. The lowest BCUT2D eigenvalue weighted by Gasteiger charge is -2.37. The molecule has 2 aliphatic heterocycles. The lowest BCUT2D eigenvalue weighted by molar-refractivity contribution is -0.144. The summed E-state index contributed by atoms with van der Waals surface area (Å²) in [5.74, 6) is -1.98. The van der Waals surface area contributed by atoms with E-state index in [9.17, 15) is 24.9 Å². The molecular weight excluding hydrogens is 544 g/mol. The molecule has 0 saturated carbocycles. The molecule has 2 heterocycles. The van der Waals surface area contributed by atoms with Crippen LogP contribution in [0.4, 0.5) is 0 Å². The standard InChI is InChI=1S/C35H44N2O6/c1-23(18-24-9-11-28(39)12-10-24)8-13-31(40)32-26(22-43-2)19-29-33(30(32)21-38)35(42)37(34(29)41)27-14-16-36(17-15-27)20-25-6-4-3-5-7-25/h3-7,9-12,18,27,29-31,33,38-40H,8,13-17,19-22H2,1-2H3/b23-18+/t29-,30+,31-,33-/m1/s1. The van der Waals surface area contributed by atoms with Crippen LogP contribution in [-0.2, 0) is 20.9 Å². The molecule has 43 heavy (non-hydrogen) atoms. The summed E-state index contributed by atoms with van der Waals surface area (Å²) in [7, 11) is 1.58. The van der Waals surface area contributed by atoms with Gasteiger partial charge in [0.05, 0.1) is 31.2 Å². The van der Waals surface area contributed by atoms with E-state index < -0.39 is 23.9 Å². The molecule has 0 aromatic heterocycles. The highest BCUT2D eigenvalue weighted by Gasteiger charge is 2.56. The summed E-state index contributed by atoms with van der Waals surface area (Å²) in [5.41, 5.74) is 4.74. The third-order valence-corrected chi connectivity index (χ3v) is 9.38. The van der Waals surface area contributed by atoms with Crippen molar-refractivity contribution < 1.29 is 29.6 Å². The van der Waals surface area contributed by atoms with Gasteiger partial charge >= 0.3 is 0 Å². The highest BCUT2D eigenvalue weighted by molar-refractivity contribution is 6.06. The van der Waals surface area contributed by atoms with Gasteiger partial charge in [-0.2, -0.15) is 0 Å². The number of rotatable bonds is 11. The monoisotopic (exact) mass is 588 g/mol. The number of methoxy groups -OCH3 is 1. The van der Waals surface area contributed by atoms with Gasteiger partial charge in [0.2, 0.25) is 11.8 Å². The number of piperidine rings is 1. The van der Waals surface area contributed by atoms with Gasteiger partial charge < -0.3 is 20.1 Å². The second-order valence-corrected chi connectivity index (χ2v) is 12.3. The number of imide groups is 1. The highest BCUT2D eigenvalue weighted by Crippen LogP contribution is 2.47. The van der Waals surface area contributed by atoms with E-state index in [-0.39, 0.29) is 36.8 Å². The number of aliphatic hydroxyl groups excluding tert-OH is 2. The minimum Gasteiger partial charge on any atom is -0.508 e. The zero-order valence-electron chi connectivity index (χ0n) is 25.2. The summed E-state index contributed by atoms with van der Waals surface area (Å²) >= 11 is 0. The number of amides is 2. The molecule has 3 aliphatic rings. The van der Waals surface area contributed by atoms with Crippen LogP contribution in [0.2, 0.25) is 0 Å². The Kier molecular flexibility index (Phi) is 10.1. The molecule has 0 unspecified atom stereocenters. The summed E-state index contributed by atoms with van der Waals surface area (Å²) in [4.78, 5) is 31.6. The van der Waals surface area contributed by atoms with E-state index in [2.05, 4.69) is 17.0 Å². The van der Waals surface area contributed by atoms with Crippen LogP contribution < -0.4 is 0 Å². The Balaban J connectivity index is 1.28. The smallest absolute Gasteiger partial charge is 0.234 e. The largest absolute Gasteiger partial charge is 0.508 e. The lowest BCUT2D eigenvalue weighted by Crippen LogP contribution is -2.47. The maximum absolute atomic E-state index is 13.9. The number of aliphatic hydroxyl groups is 2. The Morgan fingerprint density at radius 1 is 1.05 bits per heavy atom. The fourth-order valence-electron chi connectivity index (χ4n) is 7.27. The molecule has 3 N–H and O–H groups in total. The summed E-state index contributed by atoms with van der Waals surface area (Å²) in [6.07, 6.45) is 3.99. The first-order valence-electron chi connectivity index (χ1n) is 15.4. The second kappa shape index (κ2) is 14.0. The maximum Gasteiger partial charge on any atom is 0.234 e. The molecule has 2 saturated heterocycles. The zero-order chi connectivity index (χ0) is 30.5. The number of ether oxygens (including phenoxy) is 1. The highest BCUT2D eigenvalue weighted by atomic mass is 16.5. The van der Waals surface area contributed by atoms with E-state index in [4.69, 9.17) is 4.74 Å². The molecule has 8 nitrogen and oxygen atoms in total. The minimum absolute atomic E-state index is 0.148. The van der Waals surface area contributed by atoms with Gasteiger partial charge in [0.1, 0.15) is 5.75 Å². The van der Waals surface area contributed by atoms with Gasteiger partial charge in [-0.1, -0.05) is 54.1 Å². The molecule has 2 aromatic carbocycles. The average Bonchev–Trinajstić information content (AvgIpc) is 3.26. The molecular formula is C35H44N2O6. The number of phenols is 1. The van der Waals surface area contributed by atoms with Crippen molar-refractivity contribution in [1.82, 2.24) is 9.80 Å². The van der Waals surface area contributed by atoms with Crippen LogP contribution in [-0.4, -0.2) is 82.5 Å². The summed E-state index contributed by atoms with van der Waals surface area (Å²) < 4.78 is 5.49. The Morgan fingerprint density at radius 2 is 1.74 bits per heavy atom. The number of likely N-dealkylation sites (tertiary alicyclic amines) is 2. The summed E-state index contributed by atoms with van der Waals surface area (Å²) in [5, 5.41) is 31.6. The third kappa shape index (κ3) is 6.93. The van der Waals surface area contributed by atoms with Gasteiger partial charge in [0, 0.05) is 38.7 Å². The third-order valence-electron chi connectivity index (χ3n) is 9.38. The fourth-order valence-corrected chi connectivity index (χ4v) is 7.27. The Labute approximate surface area is 254 Å².